The monoisotopic (exact) mass is 126 g/mol. The second kappa shape index (κ2) is 2.31. The van der Waals surface area contributed by atoms with E-state index in [9.17, 15) is 0 Å². The molecule has 44 valence electrons. The molecule has 0 spiro atoms. The van der Waals surface area contributed by atoms with Crippen LogP contribution < -0.4 is 0 Å². The van der Waals surface area contributed by atoms with Gasteiger partial charge < -0.3 is 0 Å². The first kappa shape index (κ1) is 5.83. The molecule has 0 aromatic carbocycles. The van der Waals surface area contributed by atoms with E-state index in [1.54, 1.807) is 0 Å². The third kappa shape index (κ3) is 1.34. The van der Waals surface area contributed by atoms with Crippen molar-refractivity contribution in [3.8, 4) is 0 Å². The van der Waals surface area contributed by atoms with Crippen LogP contribution in [0.1, 0.15) is 6.92 Å². The molecule has 0 saturated heterocycles. The van der Waals surface area contributed by atoms with E-state index in [1.165, 1.54) is 5.57 Å². The van der Waals surface area contributed by atoms with Gasteiger partial charge in [-0.3, -0.25) is 0 Å². The van der Waals surface area contributed by atoms with Gasteiger partial charge in [0.1, 0.15) is 0 Å². The summed E-state index contributed by atoms with van der Waals surface area (Å²) in [5.74, 6) is 0. The maximum absolute atomic E-state index is 2.23. The van der Waals surface area contributed by atoms with Crippen molar-refractivity contribution < 1.29 is 0 Å². The Kier molecular flexibility index (Phi) is 1.69. The summed E-state index contributed by atoms with van der Waals surface area (Å²) in [6.45, 7) is 2.11. The van der Waals surface area contributed by atoms with Gasteiger partial charge in [-0.05, 0) is 24.0 Å². The van der Waals surface area contributed by atoms with Gasteiger partial charge in [-0.2, -0.15) is 10.5 Å². The third-order valence-electron chi connectivity index (χ3n) is 1.09. The van der Waals surface area contributed by atoms with Gasteiger partial charge in [0, 0.05) is 0 Å². The van der Waals surface area contributed by atoms with E-state index in [0.29, 0.717) is 10.5 Å². The van der Waals surface area contributed by atoms with Crippen LogP contribution in [0.15, 0.2) is 23.1 Å². The van der Waals surface area contributed by atoms with Crippen molar-refractivity contribution in [2.45, 2.75) is 6.92 Å². The fraction of sp³-hybridized carbons (Fsp3) is 0.286. The van der Waals surface area contributed by atoms with Crippen LogP contribution in [0.25, 0.3) is 0 Å². The Morgan fingerprint density at radius 3 is 2.62 bits per heavy atom. The maximum atomic E-state index is 2.23. The summed E-state index contributed by atoms with van der Waals surface area (Å²) in [7, 11) is 0.407. The Hall–Kier alpha value is -0.300. The number of hydrogen-bond donors (Lipinski definition) is 0. The molecule has 0 aliphatic carbocycles. The predicted molar refractivity (Wildman–Crippen MR) is 42.5 cm³/mol. The van der Waals surface area contributed by atoms with Gasteiger partial charge in [-0.25, -0.2) is 0 Å². The van der Waals surface area contributed by atoms with Gasteiger partial charge in [0.2, 0.25) is 0 Å². The van der Waals surface area contributed by atoms with Crippen LogP contribution in [-0.4, -0.2) is 11.6 Å². The number of hydrogen-bond acceptors (Lipinski definition) is 0. The van der Waals surface area contributed by atoms with E-state index in [1.807, 2.05) is 0 Å². The lowest BCUT2D eigenvalue weighted by Gasteiger charge is -1.98. The van der Waals surface area contributed by atoms with Crippen LogP contribution in [0.2, 0.25) is 0 Å². The van der Waals surface area contributed by atoms with Gasteiger partial charge in [0.25, 0.3) is 0 Å². The molecule has 0 amide bonds. The fourth-order valence-corrected chi connectivity index (χ4v) is 1.48. The van der Waals surface area contributed by atoms with Gasteiger partial charge >= 0.3 is 0 Å². The Bertz CT molecular complexity index is 153. The second-order valence-corrected chi connectivity index (χ2v) is 3.72. The summed E-state index contributed by atoms with van der Waals surface area (Å²) in [4.78, 5) is 0. The highest BCUT2D eigenvalue weighted by Gasteiger charge is 1.85. The smallest absolute Gasteiger partial charge is 0.0195 e. The Morgan fingerprint density at radius 2 is 2.25 bits per heavy atom. The Labute approximate surface area is 52.8 Å². The molecule has 1 heterocycles. The van der Waals surface area contributed by atoms with Gasteiger partial charge in [-0.1, -0.05) is 17.7 Å². The third-order valence-corrected chi connectivity index (χ3v) is 2.22. The molecular formula is C7H10S. The molecular weight excluding hydrogens is 116 g/mol. The van der Waals surface area contributed by atoms with Crippen LogP contribution in [0.3, 0.4) is 0 Å². The van der Waals surface area contributed by atoms with E-state index >= 15 is 0 Å². The molecule has 0 bridgehead atoms. The van der Waals surface area contributed by atoms with Crippen LogP contribution in [0.5, 0.6) is 0 Å². The molecule has 0 saturated carbocycles. The molecule has 0 aromatic rings. The minimum Gasteiger partial charge on any atom is -0.165 e. The predicted octanol–water partition coefficient (Wildman–Crippen LogP) is 2.16. The normalized spacial score (nSPS) is 26.8. The zero-order chi connectivity index (χ0) is 5.98. The lowest BCUT2D eigenvalue weighted by molar-refractivity contribution is 1.55. The molecule has 1 aliphatic heterocycles. The fourth-order valence-electron chi connectivity index (χ4n) is 0.530. The molecule has 0 nitrogen and oxygen atoms in total. The maximum Gasteiger partial charge on any atom is -0.0195 e. The van der Waals surface area contributed by atoms with Crippen molar-refractivity contribution in [3.63, 3.8) is 0 Å². The summed E-state index contributed by atoms with van der Waals surface area (Å²) in [5.41, 5.74) is 1.36. The van der Waals surface area contributed by atoms with Crippen molar-refractivity contribution in [3.05, 3.63) is 23.1 Å². The van der Waals surface area contributed by atoms with Crippen LogP contribution in [-0.2, 0) is 0 Å². The van der Waals surface area contributed by atoms with Crippen LogP contribution >= 0.6 is 10.5 Å². The molecule has 1 aliphatic rings. The molecule has 1 rings (SSSR count). The highest BCUT2D eigenvalue weighted by Crippen LogP contribution is 2.13. The van der Waals surface area contributed by atoms with Crippen molar-refractivity contribution in [2.75, 3.05) is 6.26 Å². The average molecular weight is 126 g/mol. The molecule has 0 fully saturated rings. The second-order valence-electron chi connectivity index (χ2n) is 1.96. The van der Waals surface area contributed by atoms with Crippen molar-refractivity contribution in [1.82, 2.24) is 0 Å². The first-order valence-corrected chi connectivity index (χ1v) is 4.38. The van der Waals surface area contributed by atoms with Crippen molar-refractivity contribution in [2.24, 2.45) is 0 Å². The zero-order valence-corrected chi connectivity index (χ0v) is 6.03. The van der Waals surface area contributed by atoms with Gasteiger partial charge in [0.15, 0.2) is 0 Å². The molecule has 1 atom stereocenters. The molecule has 0 radical (unpaired) electrons. The summed E-state index contributed by atoms with van der Waals surface area (Å²) in [6.07, 6.45) is 6.55. The topological polar surface area (TPSA) is 0 Å². The minimum absolute atomic E-state index is 0.407. The number of allylic oxidation sites excluding steroid dienone is 3. The van der Waals surface area contributed by atoms with Crippen molar-refractivity contribution >= 4 is 15.9 Å². The van der Waals surface area contributed by atoms with E-state index < -0.39 is 0 Å². The summed E-state index contributed by atoms with van der Waals surface area (Å²) in [5, 5.41) is 4.46. The zero-order valence-electron chi connectivity index (χ0n) is 5.22. The molecule has 1 heteroatoms. The van der Waals surface area contributed by atoms with E-state index in [2.05, 4.69) is 36.1 Å². The lowest BCUT2D eigenvalue weighted by atomic mass is 10.3. The Morgan fingerprint density at radius 1 is 1.50 bits per heavy atom. The standard InChI is InChI=1S/C7H10S/c1-7-3-5-8(2)6-4-7/h3-6H,1-2H3. The summed E-state index contributed by atoms with van der Waals surface area (Å²) >= 11 is 0. The summed E-state index contributed by atoms with van der Waals surface area (Å²) < 4.78 is 0. The van der Waals surface area contributed by atoms with Gasteiger partial charge in [0.05, 0.1) is 0 Å². The molecule has 1 unspecified atom stereocenters. The Balaban J connectivity index is 2.86. The lowest BCUT2D eigenvalue weighted by Crippen LogP contribution is -1.76. The average Bonchev–Trinajstić information content (AvgIpc) is 1.77. The molecule has 8 heavy (non-hydrogen) atoms. The number of rotatable bonds is 0. The highest BCUT2D eigenvalue weighted by molar-refractivity contribution is 8.17. The van der Waals surface area contributed by atoms with E-state index in [-0.39, 0.29) is 0 Å². The van der Waals surface area contributed by atoms with E-state index in [0.717, 1.165) is 0 Å². The largest absolute Gasteiger partial charge is 0.165 e. The first-order chi connectivity index (χ1) is 3.79. The minimum atomic E-state index is 0.407. The molecule has 0 N–H and O–H groups in total. The first-order valence-electron chi connectivity index (χ1n) is 2.62. The summed E-state index contributed by atoms with van der Waals surface area (Å²) in [6, 6.07) is 0. The van der Waals surface area contributed by atoms with E-state index in [4.69, 9.17) is 0 Å². The highest BCUT2D eigenvalue weighted by atomic mass is 32.2. The van der Waals surface area contributed by atoms with Crippen LogP contribution in [0, 0.1) is 0 Å². The quantitative estimate of drug-likeness (QED) is 0.436. The van der Waals surface area contributed by atoms with Gasteiger partial charge in [-0.15, -0.1) is 0 Å². The van der Waals surface area contributed by atoms with Crippen LogP contribution in [0.4, 0.5) is 0 Å². The SMILES string of the molecule is CC1=CC=S(C)C=C1. The molecule has 0 aromatic heterocycles. The van der Waals surface area contributed by atoms with Crippen molar-refractivity contribution in [1.29, 1.82) is 0 Å².